The van der Waals surface area contributed by atoms with Crippen molar-refractivity contribution in [2.24, 2.45) is 5.92 Å². The number of carbonyl (C=O) groups excluding carboxylic acids is 3. The monoisotopic (exact) mass is 591 g/mol. The van der Waals surface area contributed by atoms with Gasteiger partial charge >= 0.3 is 4.87 Å². The molecular weight excluding hydrogens is 567 g/mol. The van der Waals surface area contributed by atoms with Crippen LogP contribution in [0.25, 0.3) is 10.8 Å². The highest BCUT2D eigenvalue weighted by Crippen LogP contribution is 2.53. The first-order valence-electron chi connectivity index (χ1n) is 13.6. The normalized spacial score (nSPS) is 19.5. The first kappa shape index (κ1) is 26.4. The van der Waals surface area contributed by atoms with E-state index in [2.05, 4.69) is 5.32 Å². The lowest BCUT2D eigenvalue weighted by Crippen LogP contribution is -2.33. The number of amides is 3. The van der Waals surface area contributed by atoms with Crippen molar-refractivity contribution in [3.63, 3.8) is 0 Å². The van der Waals surface area contributed by atoms with Gasteiger partial charge in [-0.1, -0.05) is 101 Å². The van der Waals surface area contributed by atoms with Crippen molar-refractivity contribution in [2.75, 3.05) is 10.2 Å². The summed E-state index contributed by atoms with van der Waals surface area (Å²) in [6.07, 6.45) is 0. The number of fused-ring (bicyclic) bond motifs is 3. The number of nitrogens with zero attached hydrogens (tertiary/aromatic N) is 2. The van der Waals surface area contributed by atoms with Crippen molar-refractivity contribution >= 4 is 63.0 Å². The minimum Gasteiger partial charge on any atom is -0.325 e. The van der Waals surface area contributed by atoms with Gasteiger partial charge in [0.15, 0.2) is 0 Å². The van der Waals surface area contributed by atoms with Crippen LogP contribution in [-0.2, 0) is 20.9 Å². The Morgan fingerprint density at radius 2 is 1.55 bits per heavy atom. The second-order valence-electron chi connectivity index (χ2n) is 10.5. The van der Waals surface area contributed by atoms with E-state index in [9.17, 15) is 19.2 Å². The van der Waals surface area contributed by atoms with Gasteiger partial charge in [-0.15, -0.1) is 0 Å². The summed E-state index contributed by atoms with van der Waals surface area (Å²) in [6, 6.07) is 30.4. The van der Waals surface area contributed by atoms with Crippen LogP contribution in [-0.4, -0.2) is 27.5 Å². The minimum absolute atomic E-state index is 0.201. The third kappa shape index (κ3) is 4.45. The number of imide groups is 1. The van der Waals surface area contributed by atoms with Crippen molar-refractivity contribution in [1.29, 1.82) is 0 Å². The molecule has 0 bridgehead atoms. The Labute approximate surface area is 249 Å². The fraction of sp³-hybridized carbons (Fsp3) is 0.152. The lowest BCUT2D eigenvalue weighted by atomic mass is 9.83. The smallest absolute Gasteiger partial charge is 0.308 e. The fourth-order valence-electron chi connectivity index (χ4n) is 5.83. The van der Waals surface area contributed by atoms with Crippen LogP contribution in [0, 0.1) is 12.8 Å². The third-order valence-electron chi connectivity index (χ3n) is 7.84. The van der Waals surface area contributed by atoms with Gasteiger partial charge in [0, 0.05) is 16.5 Å². The predicted octanol–water partition coefficient (Wildman–Crippen LogP) is 5.81. The molecule has 0 radical (unpaired) electrons. The van der Waals surface area contributed by atoms with Crippen molar-refractivity contribution in [1.82, 2.24) is 4.57 Å². The van der Waals surface area contributed by atoms with Crippen molar-refractivity contribution in [3.05, 3.63) is 123 Å². The molecule has 7 nitrogen and oxygen atoms in total. The number of thiazole rings is 1. The largest absolute Gasteiger partial charge is 0.325 e. The van der Waals surface area contributed by atoms with Crippen molar-refractivity contribution in [3.8, 4) is 0 Å². The van der Waals surface area contributed by atoms with E-state index in [-0.39, 0.29) is 29.1 Å². The molecule has 1 aromatic heterocycles. The van der Waals surface area contributed by atoms with E-state index in [0.717, 1.165) is 33.2 Å². The summed E-state index contributed by atoms with van der Waals surface area (Å²) in [5, 5.41) is 4.82. The number of carbonyl (C=O) groups is 3. The summed E-state index contributed by atoms with van der Waals surface area (Å²) >= 11 is 2.26. The molecule has 9 heteroatoms. The number of aromatic nitrogens is 1. The summed E-state index contributed by atoms with van der Waals surface area (Å²) in [7, 11) is 0. The maximum Gasteiger partial charge on any atom is 0.308 e. The SMILES string of the molecule is Cc1ccc(N2C(=O)C3Sc4c(sc(=O)n4CC(=O)Nc4ccc5ccccc5c4)C(c4ccccc4)C3C2=O)cc1. The van der Waals surface area contributed by atoms with Gasteiger partial charge in [-0.3, -0.25) is 23.7 Å². The summed E-state index contributed by atoms with van der Waals surface area (Å²) in [5.41, 5.74) is 3.05. The molecule has 0 spiro atoms. The van der Waals surface area contributed by atoms with E-state index < -0.39 is 17.1 Å². The molecule has 0 saturated carbocycles. The van der Waals surface area contributed by atoms with Crippen LogP contribution in [0.3, 0.4) is 0 Å². The predicted molar refractivity (Wildman–Crippen MR) is 166 cm³/mol. The number of hydrogen-bond donors (Lipinski definition) is 1. The highest BCUT2D eigenvalue weighted by Gasteiger charge is 2.56. The maximum absolute atomic E-state index is 13.9. The molecule has 3 atom stereocenters. The van der Waals surface area contributed by atoms with Crippen LogP contribution < -0.4 is 15.1 Å². The topological polar surface area (TPSA) is 88.5 Å². The van der Waals surface area contributed by atoms with Crippen molar-refractivity contribution in [2.45, 2.75) is 29.7 Å². The van der Waals surface area contributed by atoms with Crippen LogP contribution in [0.2, 0.25) is 0 Å². The number of thioether (sulfide) groups is 1. The first-order chi connectivity index (χ1) is 20.4. The van der Waals surface area contributed by atoms with E-state index in [4.69, 9.17) is 0 Å². The lowest BCUT2D eigenvalue weighted by molar-refractivity contribution is -0.122. The van der Waals surface area contributed by atoms with E-state index in [0.29, 0.717) is 21.3 Å². The Balaban J connectivity index is 1.25. The summed E-state index contributed by atoms with van der Waals surface area (Å²) in [5.74, 6) is -2.08. The molecule has 7 rings (SSSR count). The molecule has 208 valence electrons. The van der Waals surface area contributed by atoms with Crippen LogP contribution in [0.15, 0.2) is 107 Å². The van der Waals surface area contributed by atoms with Crippen LogP contribution in [0.4, 0.5) is 11.4 Å². The third-order valence-corrected chi connectivity index (χ3v) is 10.4. The zero-order chi connectivity index (χ0) is 29.0. The first-order valence-corrected chi connectivity index (χ1v) is 15.3. The molecule has 1 saturated heterocycles. The second-order valence-corrected chi connectivity index (χ2v) is 12.7. The Morgan fingerprint density at radius 3 is 2.31 bits per heavy atom. The highest BCUT2D eigenvalue weighted by molar-refractivity contribution is 8.00. The Morgan fingerprint density at radius 1 is 0.833 bits per heavy atom. The Hall–Kier alpha value is -4.47. The van der Waals surface area contributed by atoms with Crippen LogP contribution >= 0.6 is 23.1 Å². The van der Waals surface area contributed by atoms with Gasteiger partial charge in [-0.2, -0.15) is 0 Å². The Bertz CT molecular complexity index is 1930. The molecular formula is C33H25N3O4S2. The molecule has 1 N–H and O–H groups in total. The standard InChI is InChI=1S/C33H25N3O4S2/c1-19-11-15-24(16-12-19)36-30(38)27-26(21-8-3-2-4-9-21)29-32(41-28(27)31(36)39)35(33(40)42-29)18-25(37)34-23-14-13-20-7-5-6-10-22(20)17-23/h2-17,26-28H,18H2,1H3,(H,34,37). The average Bonchev–Trinajstić information content (AvgIpc) is 3.44. The number of benzene rings is 4. The van der Waals surface area contributed by atoms with Gasteiger partial charge in [0.25, 0.3) is 0 Å². The maximum atomic E-state index is 13.9. The van der Waals surface area contributed by atoms with Gasteiger partial charge in [0.05, 0.1) is 16.6 Å². The number of rotatable bonds is 5. The minimum atomic E-state index is -0.722. The lowest BCUT2D eigenvalue weighted by Gasteiger charge is -2.30. The number of aryl methyl sites for hydroxylation is 1. The molecule has 0 aliphatic carbocycles. The van der Waals surface area contributed by atoms with Gasteiger partial charge in [-0.25, -0.2) is 4.90 Å². The molecule has 2 aliphatic rings. The summed E-state index contributed by atoms with van der Waals surface area (Å²) in [6.45, 7) is 1.75. The van der Waals surface area contributed by atoms with Gasteiger partial charge in [0.2, 0.25) is 17.7 Å². The second kappa shape index (κ2) is 10.4. The quantitative estimate of drug-likeness (QED) is 0.261. The van der Waals surface area contributed by atoms with E-state index in [1.807, 2.05) is 91.9 Å². The van der Waals surface area contributed by atoms with Gasteiger partial charge < -0.3 is 5.32 Å². The summed E-state index contributed by atoms with van der Waals surface area (Å²) in [4.78, 5) is 56.0. The number of nitrogens with one attached hydrogen (secondary N) is 1. The number of hydrogen-bond acceptors (Lipinski definition) is 6. The van der Waals surface area contributed by atoms with Crippen molar-refractivity contribution < 1.29 is 14.4 Å². The number of anilines is 2. The Kier molecular flexibility index (Phi) is 6.56. The highest BCUT2D eigenvalue weighted by atomic mass is 32.2. The average molecular weight is 592 g/mol. The molecule has 4 aromatic carbocycles. The zero-order valence-electron chi connectivity index (χ0n) is 22.5. The molecule has 5 aromatic rings. The molecule has 3 amide bonds. The molecule has 3 unspecified atom stereocenters. The van der Waals surface area contributed by atoms with E-state index in [1.54, 1.807) is 12.1 Å². The van der Waals surface area contributed by atoms with Crippen LogP contribution in [0.1, 0.15) is 21.9 Å². The molecule has 3 heterocycles. The molecule has 42 heavy (non-hydrogen) atoms. The van der Waals surface area contributed by atoms with E-state index in [1.165, 1.54) is 21.2 Å². The van der Waals surface area contributed by atoms with Crippen LogP contribution in [0.5, 0.6) is 0 Å². The van der Waals surface area contributed by atoms with Gasteiger partial charge in [0.1, 0.15) is 11.8 Å². The summed E-state index contributed by atoms with van der Waals surface area (Å²) < 4.78 is 1.44. The molecule has 2 aliphatic heterocycles. The molecule has 1 fully saturated rings. The van der Waals surface area contributed by atoms with E-state index >= 15 is 0 Å². The fourth-order valence-corrected chi connectivity index (χ4v) is 8.61. The zero-order valence-corrected chi connectivity index (χ0v) is 24.2. The van der Waals surface area contributed by atoms with Gasteiger partial charge in [-0.05, 0) is 47.5 Å².